The van der Waals surface area contributed by atoms with Gasteiger partial charge in [-0.15, -0.1) is 0 Å². The SMILES string of the molecule is O=C(CNc1c(F)cc(F)cc1Br)N1CCCCCC1. The Morgan fingerprint density at radius 3 is 2.45 bits per heavy atom. The number of carbonyl (C=O) groups is 1. The van der Waals surface area contributed by atoms with Crippen LogP contribution >= 0.6 is 15.9 Å². The zero-order valence-corrected chi connectivity index (χ0v) is 12.7. The van der Waals surface area contributed by atoms with Crippen LogP contribution in [-0.2, 0) is 4.79 Å². The van der Waals surface area contributed by atoms with E-state index in [1.54, 1.807) is 4.90 Å². The monoisotopic (exact) mass is 346 g/mol. The lowest BCUT2D eigenvalue weighted by Crippen LogP contribution is -2.36. The van der Waals surface area contributed by atoms with Crippen LogP contribution in [0.15, 0.2) is 16.6 Å². The zero-order chi connectivity index (χ0) is 14.5. The fraction of sp³-hybridized carbons (Fsp3) is 0.500. The fourth-order valence-electron chi connectivity index (χ4n) is 2.31. The van der Waals surface area contributed by atoms with Crippen molar-refractivity contribution in [2.75, 3.05) is 25.0 Å². The molecule has 0 saturated carbocycles. The Morgan fingerprint density at radius 1 is 1.20 bits per heavy atom. The summed E-state index contributed by atoms with van der Waals surface area (Å²) in [6, 6.07) is 1.96. The van der Waals surface area contributed by atoms with E-state index in [0.29, 0.717) is 0 Å². The van der Waals surface area contributed by atoms with E-state index in [2.05, 4.69) is 21.2 Å². The highest BCUT2D eigenvalue weighted by atomic mass is 79.9. The maximum absolute atomic E-state index is 13.6. The Kier molecular flexibility index (Phi) is 5.34. The smallest absolute Gasteiger partial charge is 0.241 e. The quantitative estimate of drug-likeness (QED) is 0.907. The van der Waals surface area contributed by atoms with E-state index in [-0.39, 0.29) is 22.6 Å². The third-order valence-electron chi connectivity index (χ3n) is 3.38. The molecule has 1 aromatic carbocycles. The van der Waals surface area contributed by atoms with E-state index < -0.39 is 11.6 Å². The Bertz CT molecular complexity index is 465. The van der Waals surface area contributed by atoms with E-state index in [0.717, 1.165) is 44.8 Å². The molecule has 0 spiro atoms. The summed E-state index contributed by atoms with van der Waals surface area (Å²) in [6.45, 7) is 1.53. The molecular weight excluding hydrogens is 330 g/mol. The van der Waals surface area contributed by atoms with Gasteiger partial charge in [-0.25, -0.2) is 8.78 Å². The minimum Gasteiger partial charge on any atom is -0.373 e. The lowest BCUT2D eigenvalue weighted by atomic mass is 10.2. The van der Waals surface area contributed by atoms with Gasteiger partial charge in [0, 0.05) is 23.6 Å². The molecule has 0 aromatic heterocycles. The van der Waals surface area contributed by atoms with Crippen molar-refractivity contribution in [1.29, 1.82) is 0 Å². The maximum atomic E-state index is 13.6. The van der Waals surface area contributed by atoms with E-state index in [1.807, 2.05) is 0 Å². The van der Waals surface area contributed by atoms with Crippen molar-refractivity contribution in [3.63, 3.8) is 0 Å². The van der Waals surface area contributed by atoms with Gasteiger partial charge in [0.25, 0.3) is 0 Å². The highest BCUT2D eigenvalue weighted by Crippen LogP contribution is 2.26. The molecule has 1 N–H and O–H groups in total. The lowest BCUT2D eigenvalue weighted by Gasteiger charge is -2.21. The van der Waals surface area contributed by atoms with Gasteiger partial charge in [-0.1, -0.05) is 12.8 Å². The van der Waals surface area contributed by atoms with Gasteiger partial charge in [0.2, 0.25) is 5.91 Å². The first-order chi connectivity index (χ1) is 9.58. The summed E-state index contributed by atoms with van der Waals surface area (Å²) in [6.07, 6.45) is 4.32. The molecule has 0 aliphatic carbocycles. The number of hydrogen-bond donors (Lipinski definition) is 1. The predicted octanol–water partition coefficient (Wildman–Crippen LogP) is 3.54. The number of likely N-dealkylation sites (tertiary alicyclic amines) is 1. The van der Waals surface area contributed by atoms with Crippen molar-refractivity contribution in [3.05, 3.63) is 28.2 Å². The van der Waals surface area contributed by atoms with E-state index >= 15 is 0 Å². The highest BCUT2D eigenvalue weighted by Gasteiger charge is 2.16. The van der Waals surface area contributed by atoms with Gasteiger partial charge in [0.05, 0.1) is 12.2 Å². The van der Waals surface area contributed by atoms with Gasteiger partial charge >= 0.3 is 0 Å². The van der Waals surface area contributed by atoms with Crippen LogP contribution < -0.4 is 5.32 Å². The van der Waals surface area contributed by atoms with Crippen molar-refractivity contribution in [2.24, 2.45) is 0 Å². The van der Waals surface area contributed by atoms with Crippen LogP contribution in [0, 0.1) is 11.6 Å². The largest absolute Gasteiger partial charge is 0.373 e. The Hall–Kier alpha value is -1.17. The molecule has 1 amide bonds. The average Bonchev–Trinajstić information content (AvgIpc) is 2.66. The van der Waals surface area contributed by atoms with Crippen LogP contribution in [-0.4, -0.2) is 30.4 Å². The molecule has 6 heteroatoms. The fourth-order valence-corrected chi connectivity index (χ4v) is 2.86. The third kappa shape index (κ3) is 3.91. The van der Waals surface area contributed by atoms with Crippen LogP contribution in [0.4, 0.5) is 14.5 Å². The molecule has 1 aromatic rings. The van der Waals surface area contributed by atoms with Crippen LogP contribution in [0.3, 0.4) is 0 Å². The number of nitrogens with one attached hydrogen (secondary N) is 1. The molecule has 0 radical (unpaired) electrons. The van der Waals surface area contributed by atoms with Crippen molar-refractivity contribution in [1.82, 2.24) is 4.90 Å². The van der Waals surface area contributed by atoms with Crippen molar-refractivity contribution < 1.29 is 13.6 Å². The lowest BCUT2D eigenvalue weighted by molar-refractivity contribution is -0.129. The molecule has 0 bridgehead atoms. The van der Waals surface area contributed by atoms with Crippen LogP contribution in [0.5, 0.6) is 0 Å². The Balaban J connectivity index is 1.96. The number of hydrogen-bond acceptors (Lipinski definition) is 2. The third-order valence-corrected chi connectivity index (χ3v) is 4.01. The average molecular weight is 347 g/mol. The summed E-state index contributed by atoms with van der Waals surface area (Å²) in [4.78, 5) is 13.9. The summed E-state index contributed by atoms with van der Waals surface area (Å²) >= 11 is 3.09. The standard InChI is InChI=1S/C14H17BrF2N2O/c15-11-7-10(16)8-12(17)14(11)18-9-13(20)19-5-3-1-2-4-6-19/h7-8,18H,1-6,9H2. The van der Waals surface area contributed by atoms with Gasteiger partial charge < -0.3 is 10.2 Å². The summed E-state index contributed by atoms with van der Waals surface area (Å²) in [5.74, 6) is -1.41. The van der Waals surface area contributed by atoms with Gasteiger partial charge in [0.1, 0.15) is 11.6 Å². The molecule has 1 aliphatic rings. The van der Waals surface area contributed by atoms with Crippen molar-refractivity contribution >= 4 is 27.5 Å². The maximum Gasteiger partial charge on any atom is 0.241 e. The molecule has 110 valence electrons. The van der Waals surface area contributed by atoms with Gasteiger partial charge in [-0.05, 0) is 34.8 Å². The number of nitrogens with zero attached hydrogens (tertiary/aromatic N) is 1. The van der Waals surface area contributed by atoms with Crippen LogP contribution in [0.25, 0.3) is 0 Å². The molecule has 2 rings (SSSR count). The Morgan fingerprint density at radius 2 is 1.85 bits per heavy atom. The Labute approximate surface area is 125 Å². The predicted molar refractivity (Wildman–Crippen MR) is 77.6 cm³/mol. The van der Waals surface area contributed by atoms with Crippen molar-refractivity contribution in [2.45, 2.75) is 25.7 Å². The number of benzene rings is 1. The van der Waals surface area contributed by atoms with E-state index in [1.165, 1.54) is 6.07 Å². The molecule has 1 aliphatic heterocycles. The first-order valence-electron chi connectivity index (χ1n) is 6.74. The van der Waals surface area contributed by atoms with Gasteiger partial charge in [-0.3, -0.25) is 4.79 Å². The summed E-state index contributed by atoms with van der Waals surface area (Å²) in [5.41, 5.74) is 0.120. The molecule has 0 atom stereocenters. The second-order valence-corrected chi connectivity index (χ2v) is 5.75. The summed E-state index contributed by atoms with van der Waals surface area (Å²) < 4.78 is 26.9. The normalized spacial score (nSPS) is 15.8. The minimum absolute atomic E-state index is 0.0150. The van der Waals surface area contributed by atoms with Crippen molar-refractivity contribution in [3.8, 4) is 0 Å². The second-order valence-electron chi connectivity index (χ2n) is 4.89. The zero-order valence-electron chi connectivity index (χ0n) is 11.1. The van der Waals surface area contributed by atoms with Gasteiger partial charge in [-0.2, -0.15) is 0 Å². The second kappa shape index (κ2) is 7.02. The van der Waals surface area contributed by atoms with Gasteiger partial charge in [0.15, 0.2) is 0 Å². The van der Waals surface area contributed by atoms with E-state index in [4.69, 9.17) is 0 Å². The van der Waals surface area contributed by atoms with Crippen LogP contribution in [0.2, 0.25) is 0 Å². The topological polar surface area (TPSA) is 32.3 Å². The number of halogens is 3. The minimum atomic E-state index is -0.708. The number of anilines is 1. The molecule has 3 nitrogen and oxygen atoms in total. The first kappa shape index (κ1) is 15.2. The first-order valence-corrected chi connectivity index (χ1v) is 7.53. The molecule has 1 fully saturated rings. The summed E-state index contributed by atoms with van der Waals surface area (Å²) in [7, 11) is 0. The summed E-state index contributed by atoms with van der Waals surface area (Å²) in [5, 5.41) is 2.75. The number of amides is 1. The highest BCUT2D eigenvalue weighted by molar-refractivity contribution is 9.10. The number of rotatable bonds is 3. The molecular formula is C14H17BrF2N2O. The number of carbonyl (C=O) groups excluding carboxylic acids is 1. The molecule has 20 heavy (non-hydrogen) atoms. The van der Waals surface area contributed by atoms with Crippen LogP contribution in [0.1, 0.15) is 25.7 Å². The molecule has 1 heterocycles. The molecule has 1 saturated heterocycles. The van der Waals surface area contributed by atoms with E-state index in [9.17, 15) is 13.6 Å². The molecule has 0 unspecified atom stereocenters.